The first-order chi connectivity index (χ1) is 8.23. The van der Waals surface area contributed by atoms with E-state index in [1.165, 1.54) is 0 Å². The Balaban J connectivity index is 2.36. The van der Waals surface area contributed by atoms with Gasteiger partial charge in [0.15, 0.2) is 0 Å². The number of imide groups is 1. The van der Waals surface area contributed by atoms with Gasteiger partial charge in [0.2, 0.25) is 16.4 Å². The second kappa shape index (κ2) is 3.88. The van der Waals surface area contributed by atoms with Gasteiger partial charge in [-0.25, -0.2) is 9.69 Å². The van der Waals surface area contributed by atoms with E-state index in [0.29, 0.717) is 9.80 Å². The summed E-state index contributed by atoms with van der Waals surface area (Å²) >= 11 is 0.0479. The summed E-state index contributed by atoms with van der Waals surface area (Å²) in [5, 5.41) is 13.5. The number of likely N-dealkylation sites (N-methyl/N-ethyl adjacent to an activating group) is 1. The Morgan fingerprint density at radius 2 is 1.94 bits per heavy atom. The van der Waals surface area contributed by atoms with E-state index in [1.807, 2.05) is 0 Å². The number of carbonyl (C=O) groups is 2. The third-order valence-electron chi connectivity index (χ3n) is 2.15. The van der Waals surface area contributed by atoms with E-state index in [2.05, 4.69) is 10.2 Å². The number of aliphatic hydroxyl groups excluding tert-OH is 1. The molecule has 11 heteroatoms. The van der Waals surface area contributed by atoms with Crippen LogP contribution in [0.2, 0.25) is 0 Å². The average molecular weight is 282 g/mol. The number of amides is 3. The molecule has 0 bridgehead atoms. The normalized spacial score (nSPS) is 21.1. The lowest BCUT2D eigenvalue weighted by Crippen LogP contribution is -2.31. The summed E-state index contributed by atoms with van der Waals surface area (Å²) in [5.74, 6) is -1.06. The molecule has 1 fully saturated rings. The highest BCUT2D eigenvalue weighted by Crippen LogP contribution is 2.35. The standard InChI is InChI=1S/C7H5F3N4O3S/c1-13-2(15)3(16)14(6(13)17)5-12-11-4(18-5)7(8,9)10/h2,15H,1H3. The number of alkyl halides is 3. The zero-order valence-corrected chi connectivity index (χ0v) is 9.49. The van der Waals surface area contributed by atoms with Crippen LogP contribution in [0, 0.1) is 0 Å². The lowest BCUT2D eigenvalue weighted by atomic mass is 10.5. The van der Waals surface area contributed by atoms with E-state index in [9.17, 15) is 27.9 Å². The molecule has 7 nitrogen and oxygen atoms in total. The third kappa shape index (κ3) is 1.80. The van der Waals surface area contributed by atoms with Gasteiger partial charge in [0.1, 0.15) is 0 Å². The molecule has 1 N–H and O–H groups in total. The lowest BCUT2D eigenvalue weighted by molar-refractivity contribution is -0.138. The van der Waals surface area contributed by atoms with E-state index in [-0.39, 0.29) is 11.3 Å². The Morgan fingerprint density at radius 1 is 1.33 bits per heavy atom. The molecule has 1 aliphatic rings. The number of urea groups is 1. The third-order valence-corrected chi connectivity index (χ3v) is 3.10. The van der Waals surface area contributed by atoms with Crippen molar-refractivity contribution in [1.29, 1.82) is 0 Å². The van der Waals surface area contributed by atoms with Gasteiger partial charge < -0.3 is 5.11 Å². The van der Waals surface area contributed by atoms with Crippen LogP contribution in [0.3, 0.4) is 0 Å². The van der Waals surface area contributed by atoms with Crippen molar-refractivity contribution in [2.24, 2.45) is 0 Å². The van der Waals surface area contributed by atoms with Crippen LogP contribution in [-0.2, 0) is 11.0 Å². The Morgan fingerprint density at radius 3 is 2.33 bits per heavy atom. The first-order valence-corrected chi connectivity index (χ1v) is 5.24. The highest BCUT2D eigenvalue weighted by atomic mass is 32.1. The number of aromatic nitrogens is 2. The van der Waals surface area contributed by atoms with Crippen molar-refractivity contribution in [2.45, 2.75) is 12.4 Å². The molecule has 2 heterocycles. The van der Waals surface area contributed by atoms with Gasteiger partial charge in [0, 0.05) is 7.05 Å². The van der Waals surface area contributed by atoms with Gasteiger partial charge in [0.25, 0.3) is 5.91 Å². The molecule has 1 aromatic rings. The molecule has 0 saturated carbocycles. The molecular weight excluding hydrogens is 277 g/mol. The van der Waals surface area contributed by atoms with Crippen LogP contribution >= 0.6 is 11.3 Å². The van der Waals surface area contributed by atoms with Crippen LogP contribution in [0.4, 0.5) is 23.1 Å². The smallest absolute Gasteiger partial charge is 0.365 e. The predicted octanol–water partition coefficient (Wildman–Crippen LogP) is 0.274. The maximum absolute atomic E-state index is 12.3. The van der Waals surface area contributed by atoms with Crippen molar-refractivity contribution >= 4 is 28.4 Å². The molecule has 98 valence electrons. The predicted molar refractivity (Wildman–Crippen MR) is 51.6 cm³/mol. The van der Waals surface area contributed by atoms with Crippen molar-refractivity contribution in [3.05, 3.63) is 5.01 Å². The topological polar surface area (TPSA) is 86.6 Å². The summed E-state index contributed by atoms with van der Waals surface area (Å²) in [7, 11) is 1.14. The number of nitrogens with zero attached hydrogens (tertiary/aromatic N) is 4. The minimum atomic E-state index is -4.70. The second-order valence-corrected chi connectivity index (χ2v) is 4.28. The fourth-order valence-electron chi connectivity index (χ4n) is 1.23. The molecule has 0 spiro atoms. The first kappa shape index (κ1) is 12.7. The van der Waals surface area contributed by atoms with Crippen molar-refractivity contribution < 1.29 is 27.9 Å². The number of aliphatic hydroxyl groups is 1. The lowest BCUT2D eigenvalue weighted by Gasteiger charge is -2.09. The molecule has 2 rings (SSSR count). The summed E-state index contributed by atoms with van der Waals surface area (Å²) in [5.41, 5.74) is 0. The molecule has 1 aromatic heterocycles. The van der Waals surface area contributed by atoms with Crippen LogP contribution in [0.1, 0.15) is 5.01 Å². The SMILES string of the molecule is CN1C(=O)N(c2nnc(C(F)(F)F)s2)C(=O)C1O. The van der Waals surface area contributed by atoms with Crippen LogP contribution in [0.25, 0.3) is 0 Å². The van der Waals surface area contributed by atoms with Crippen molar-refractivity contribution in [2.75, 3.05) is 11.9 Å². The van der Waals surface area contributed by atoms with Crippen molar-refractivity contribution in [3.63, 3.8) is 0 Å². The molecule has 3 amide bonds. The number of rotatable bonds is 1. The highest BCUT2D eigenvalue weighted by molar-refractivity contribution is 7.15. The van der Waals surface area contributed by atoms with Crippen LogP contribution in [-0.4, -0.2) is 45.4 Å². The van der Waals surface area contributed by atoms with Gasteiger partial charge in [-0.05, 0) is 0 Å². The quantitative estimate of drug-likeness (QED) is 0.747. The van der Waals surface area contributed by atoms with Gasteiger partial charge in [-0.2, -0.15) is 13.2 Å². The Labute approximate surface area is 101 Å². The van der Waals surface area contributed by atoms with E-state index < -0.39 is 34.5 Å². The largest absolute Gasteiger partial charge is 0.445 e. The summed E-state index contributed by atoms with van der Waals surface area (Å²) in [6, 6.07) is -0.961. The fraction of sp³-hybridized carbons (Fsp3) is 0.429. The molecule has 18 heavy (non-hydrogen) atoms. The van der Waals surface area contributed by atoms with Crippen molar-refractivity contribution in [1.82, 2.24) is 15.1 Å². The molecule has 0 radical (unpaired) electrons. The number of halogens is 3. The van der Waals surface area contributed by atoms with E-state index in [0.717, 1.165) is 7.05 Å². The van der Waals surface area contributed by atoms with Gasteiger partial charge in [0.05, 0.1) is 0 Å². The van der Waals surface area contributed by atoms with Crippen LogP contribution in [0.15, 0.2) is 0 Å². The van der Waals surface area contributed by atoms with Crippen LogP contribution in [0.5, 0.6) is 0 Å². The average Bonchev–Trinajstić information content (AvgIpc) is 2.81. The minimum absolute atomic E-state index is 0.0479. The first-order valence-electron chi connectivity index (χ1n) is 4.43. The highest BCUT2D eigenvalue weighted by Gasteiger charge is 2.46. The fourth-order valence-corrected chi connectivity index (χ4v) is 1.95. The molecule has 1 atom stereocenters. The van der Waals surface area contributed by atoms with Gasteiger partial charge in [-0.15, -0.1) is 10.2 Å². The molecule has 1 saturated heterocycles. The van der Waals surface area contributed by atoms with Crippen LogP contribution < -0.4 is 4.90 Å². The zero-order chi connectivity index (χ0) is 13.7. The molecule has 0 aliphatic carbocycles. The molecular formula is C7H5F3N4O3S. The van der Waals surface area contributed by atoms with Gasteiger partial charge >= 0.3 is 12.2 Å². The summed E-state index contributed by atoms with van der Waals surface area (Å²) in [6.45, 7) is 0. The number of hydrogen-bond donors (Lipinski definition) is 1. The number of carbonyl (C=O) groups excluding carboxylic acids is 2. The van der Waals surface area contributed by atoms with Crippen molar-refractivity contribution in [3.8, 4) is 0 Å². The van der Waals surface area contributed by atoms with Gasteiger partial charge in [-0.1, -0.05) is 11.3 Å². The van der Waals surface area contributed by atoms with Gasteiger partial charge in [-0.3, -0.25) is 9.69 Å². The molecule has 1 unspecified atom stereocenters. The summed E-state index contributed by atoms with van der Waals surface area (Å²) in [6.07, 6.45) is -6.43. The summed E-state index contributed by atoms with van der Waals surface area (Å²) in [4.78, 5) is 24.0. The van der Waals surface area contributed by atoms with E-state index in [4.69, 9.17) is 0 Å². The minimum Gasteiger partial charge on any atom is -0.365 e. The Bertz CT molecular complexity index is 496. The maximum Gasteiger partial charge on any atom is 0.445 e. The zero-order valence-electron chi connectivity index (χ0n) is 8.67. The number of hydrogen-bond acceptors (Lipinski definition) is 6. The Kier molecular flexibility index (Phi) is 2.74. The van der Waals surface area contributed by atoms with E-state index >= 15 is 0 Å². The maximum atomic E-state index is 12.3. The summed E-state index contributed by atoms with van der Waals surface area (Å²) < 4.78 is 36.9. The molecule has 0 aromatic carbocycles. The van der Waals surface area contributed by atoms with E-state index in [1.54, 1.807) is 0 Å². The second-order valence-electron chi connectivity index (χ2n) is 3.33. The molecule has 1 aliphatic heterocycles. The Hall–Kier alpha value is -1.75. The number of anilines is 1. The monoisotopic (exact) mass is 282 g/mol.